The summed E-state index contributed by atoms with van der Waals surface area (Å²) in [6.45, 7) is 3.98. The molecular formula is C28H28Cl2N6O2. The summed E-state index contributed by atoms with van der Waals surface area (Å²) in [5, 5.41) is 24.7. The zero-order valence-corrected chi connectivity index (χ0v) is 22.5. The topological polar surface area (TPSA) is 105 Å². The maximum atomic E-state index is 12.2. The van der Waals surface area contributed by atoms with Gasteiger partial charge in [-0.05, 0) is 55.7 Å². The quantitative estimate of drug-likeness (QED) is 0.451. The van der Waals surface area contributed by atoms with E-state index >= 15 is 0 Å². The molecule has 1 aromatic heterocycles. The predicted octanol–water partition coefficient (Wildman–Crippen LogP) is 4.32. The van der Waals surface area contributed by atoms with Crippen LogP contribution in [-0.2, 0) is 5.60 Å². The second kappa shape index (κ2) is 10.9. The van der Waals surface area contributed by atoms with Crippen molar-refractivity contribution in [1.82, 2.24) is 20.2 Å². The molecule has 8 nitrogen and oxygen atoms in total. The number of anilines is 1. The Labute approximate surface area is 231 Å². The molecule has 0 radical (unpaired) electrons. The molecule has 5 rings (SSSR count). The summed E-state index contributed by atoms with van der Waals surface area (Å²) in [5.41, 5.74) is 1.78. The van der Waals surface area contributed by atoms with Gasteiger partial charge in [-0.1, -0.05) is 35.3 Å². The number of aliphatic hydroxyl groups is 1. The SMILES string of the molecule is C[C@@](O)(CN1CCN(c2ccc(C#N)cc2Cl)[C@H](c2ccc(Cl)cc2)C1)c1cnc(C(=O)NC2CC2)cn1. The van der Waals surface area contributed by atoms with Crippen LogP contribution in [0, 0.1) is 11.3 Å². The molecule has 1 aliphatic heterocycles. The summed E-state index contributed by atoms with van der Waals surface area (Å²) in [4.78, 5) is 25.3. The van der Waals surface area contributed by atoms with Gasteiger partial charge in [-0.25, -0.2) is 4.98 Å². The van der Waals surface area contributed by atoms with Gasteiger partial charge in [0.2, 0.25) is 0 Å². The van der Waals surface area contributed by atoms with E-state index in [-0.39, 0.29) is 23.7 Å². The van der Waals surface area contributed by atoms with E-state index in [0.717, 1.165) is 24.1 Å². The molecule has 1 saturated heterocycles. The largest absolute Gasteiger partial charge is 0.382 e. The molecule has 3 aromatic rings. The van der Waals surface area contributed by atoms with Gasteiger partial charge in [0, 0.05) is 37.2 Å². The minimum absolute atomic E-state index is 0.0677. The van der Waals surface area contributed by atoms with Crippen LogP contribution in [0.15, 0.2) is 54.9 Å². The lowest BCUT2D eigenvalue weighted by atomic mass is 9.97. The molecule has 10 heteroatoms. The third-order valence-electron chi connectivity index (χ3n) is 6.99. The van der Waals surface area contributed by atoms with Gasteiger partial charge in [0.15, 0.2) is 0 Å². The number of amides is 1. The lowest BCUT2D eigenvalue weighted by Crippen LogP contribution is -2.52. The van der Waals surface area contributed by atoms with Crippen LogP contribution in [0.4, 0.5) is 5.69 Å². The third-order valence-corrected chi connectivity index (χ3v) is 7.54. The standard InChI is InChI=1S/C28H28Cl2N6O2/c1-28(38,26-15-32-23(14-33-26)27(37)34-21-7-8-21)17-35-10-11-36(24-9-2-18(13-31)12-22(24)30)25(16-35)19-3-5-20(29)6-4-19/h2-6,9,12,14-15,21,25,38H,7-8,10-11,16-17H2,1H3,(H,34,37)/t25-,28+/m0/s1. The molecule has 2 atom stereocenters. The Balaban J connectivity index is 1.34. The number of nitriles is 1. The van der Waals surface area contributed by atoms with Crippen LogP contribution in [0.25, 0.3) is 0 Å². The smallest absolute Gasteiger partial charge is 0.271 e. The number of hydrogen-bond acceptors (Lipinski definition) is 7. The Hall–Kier alpha value is -3.22. The maximum absolute atomic E-state index is 12.2. The molecule has 0 unspecified atom stereocenters. The van der Waals surface area contributed by atoms with Crippen LogP contribution >= 0.6 is 23.2 Å². The molecule has 0 bridgehead atoms. The predicted molar refractivity (Wildman–Crippen MR) is 146 cm³/mol. The zero-order chi connectivity index (χ0) is 26.9. The molecule has 1 amide bonds. The molecule has 2 fully saturated rings. The van der Waals surface area contributed by atoms with E-state index in [1.807, 2.05) is 30.3 Å². The summed E-state index contributed by atoms with van der Waals surface area (Å²) in [5.74, 6) is -0.241. The van der Waals surface area contributed by atoms with Crippen molar-refractivity contribution in [3.05, 3.63) is 87.4 Å². The van der Waals surface area contributed by atoms with Crippen molar-refractivity contribution in [1.29, 1.82) is 5.26 Å². The molecular weight excluding hydrogens is 523 g/mol. The van der Waals surface area contributed by atoms with E-state index in [2.05, 4.69) is 31.2 Å². The second-order valence-electron chi connectivity index (χ2n) is 10.1. The highest BCUT2D eigenvalue weighted by molar-refractivity contribution is 6.33. The molecule has 2 heterocycles. The monoisotopic (exact) mass is 550 g/mol. The van der Waals surface area contributed by atoms with Gasteiger partial charge in [0.05, 0.1) is 46.5 Å². The van der Waals surface area contributed by atoms with E-state index in [9.17, 15) is 15.2 Å². The molecule has 38 heavy (non-hydrogen) atoms. The highest BCUT2D eigenvalue weighted by Gasteiger charge is 2.35. The summed E-state index contributed by atoms with van der Waals surface area (Å²) >= 11 is 12.8. The van der Waals surface area contributed by atoms with Crippen molar-refractivity contribution in [2.24, 2.45) is 0 Å². The van der Waals surface area contributed by atoms with Gasteiger partial charge in [-0.3, -0.25) is 14.7 Å². The number of aromatic nitrogens is 2. The first-order chi connectivity index (χ1) is 18.2. The second-order valence-corrected chi connectivity index (χ2v) is 10.9. The molecule has 0 spiro atoms. The van der Waals surface area contributed by atoms with E-state index in [1.54, 1.807) is 19.1 Å². The van der Waals surface area contributed by atoms with E-state index in [1.165, 1.54) is 12.4 Å². The average molecular weight is 551 g/mol. The Morgan fingerprint density at radius 1 is 1.16 bits per heavy atom. The van der Waals surface area contributed by atoms with E-state index < -0.39 is 5.60 Å². The number of nitrogens with zero attached hydrogens (tertiary/aromatic N) is 5. The van der Waals surface area contributed by atoms with Crippen LogP contribution in [0.2, 0.25) is 10.0 Å². The minimum Gasteiger partial charge on any atom is -0.382 e. The Bertz CT molecular complexity index is 1350. The first-order valence-electron chi connectivity index (χ1n) is 12.5. The molecule has 196 valence electrons. The highest BCUT2D eigenvalue weighted by atomic mass is 35.5. The van der Waals surface area contributed by atoms with Gasteiger partial charge >= 0.3 is 0 Å². The molecule has 1 saturated carbocycles. The number of carbonyl (C=O) groups excluding carboxylic acids is 1. The van der Waals surface area contributed by atoms with Crippen LogP contribution in [0.5, 0.6) is 0 Å². The third kappa shape index (κ3) is 5.92. The van der Waals surface area contributed by atoms with Crippen molar-refractivity contribution in [2.75, 3.05) is 31.1 Å². The van der Waals surface area contributed by atoms with Crippen molar-refractivity contribution in [3.8, 4) is 6.07 Å². The van der Waals surface area contributed by atoms with Crippen molar-refractivity contribution in [3.63, 3.8) is 0 Å². The van der Waals surface area contributed by atoms with Crippen LogP contribution < -0.4 is 10.2 Å². The average Bonchev–Trinajstić information content (AvgIpc) is 3.73. The first kappa shape index (κ1) is 26.4. The molecule has 2 aliphatic rings. The molecule has 2 aromatic carbocycles. The summed E-state index contributed by atoms with van der Waals surface area (Å²) in [7, 11) is 0. The Morgan fingerprint density at radius 3 is 2.55 bits per heavy atom. The number of benzene rings is 2. The van der Waals surface area contributed by atoms with Crippen LogP contribution in [-0.4, -0.2) is 58.1 Å². The lowest BCUT2D eigenvalue weighted by molar-refractivity contribution is 0.00641. The summed E-state index contributed by atoms with van der Waals surface area (Å²) in [6, 6.07) is 15.3. The van der Waals surface area contributed by atoms with Crippen LogP contribution in [0.1, 0.15) is 53.1 Å². The number of halogens is 2. The number of hydrogen-bond donors (Lipinski definition) is 2. The minimum atomic E-state index is -1.28. The number of piperazine rings is 1. The van der Waals surface area contributed by atoms with E-state index in [0.29, 0.717) is 47.5 Å². The van der Waals surface area contributed by atoms with Crippen molar-refractivity contribution in [2.45, 2.75) is 37.5 Å². The normalized spacial score (nSPS) is 19.4. The van der Waals surface area contributed by atoms with Crippen molar-refractivity contribution < 1.29 is 9.90 Å². The Kier molecular flexibility index (Phi) is 7.55. The Morgan fingerprint density at radius 2 is 1.92 bits per heavy atom. The molecule has 2 N–H and O–H groups in total. The summed E-state index contributed by atoms with van der Waals surface area (Å²) in [6.07, 6.45) is 4.88. The molecule has 1 aliphatic carbocycles. The zero-order valence-electron chi connectivity index (χ0n) is 20.9. The summed E-state index contributed by atoms with van der Waals surface area (Å²) < 4.78 is 0. The van der Waals surface area contributed by atoms with Gasteiger partial charge in [-0.2, -0.15) is 5.26 Å². The van der Waals surface area contributed by atoms with Gasteiger partial charge in [0.1, 0.15) is 11.3 Å². The van der Waals surface area contributed by atoms with Gasteiger partial charge in [-0.15, -0.1) is 0 Å². The number of nitrogens with one attached hydrogen (secondary N) is 1. The van der Waals surface area contributed by atoms with Gasteiger partial charge < -0.3 is 15.3 Å². The lowest BCUT2D eigenvalue weighted by Gasteiger charge is -2.45. The van der Waals surface area contributed by atoms with E-state index in [4.69, 9.17) is 23.2 Å². The maximum Gasteiger partial charge on any atom is 0.271 e. The van der Waals surface area contributed by atoms with Crippen molar-refractivity contribution >= 4 is 34.8 Å². The number of rotatable bonds is 7. The number of β-amino-alcohol motifs (C(OH)–C–C–N with tert-alkyl or cyclic N) is 1. The first-order valence-corrected chi connectivity index (χ1v) is 13.3. The highest BCUT2D eigenvalue weighted by Crippen LogP contribution is 2.36. The fraction of sp³-hybridized carbons (Fsp3) is 0.357. The van der Waals surface area contributed by atoms with Gasteiger partial charge in [0.25, 0.3) is 5.91 Å². The fourth-order valence-electron chi connectivity index (χ4n) is 4.78. The fourth-order valence-corrected chi connectivity index (χ4v) is 5.19. The van der Waals surface area contributed by atoms with Crippen LogP contribution in [0.3, 0.4) is 0 Å². The number of carbonyl (C=O) groups is 1.